The Morgan fingerprint density at radius 3 is 2.92 bits per heavy atom. The number of aliphatic carboxylic acids is 1. The number of hydrogen-bond donors (Lipinski definition) is 2. The summed E-state index contributed by atoms with van der Waals surface area (Å²) in [7, 11) is 0. The molecule has 0 saturated carbocycles. The van der Waals surface area contributed by atoms with Crippen LogP contribution >= 0.6 is 0 Å². The highest BCUT2D eigenvalue weighted by atomic mass is 16.4. The molecule has 70 valence electrons. The standard InChI is InChI=1S/C9H12N2O2/c10-8-5-1-3-7(11-8)4-2-6-9(12)13/h1,3,5H,2,4,6H2,(H2,10,11)(H,12,13). The van der Waals surface area contributed by atoms with Crippen LogP contribution in [0, 0.1) is 0 Å². The summed E-state index contributed by atoms with van der Waals surface area (Å²) in [5.74, 6) is -0.295. The Morgan fingerprint density at radius 1 is 1.54 bits per heavy atom. The molecule has 0 aromatic carbocycles. The lowest BCUT2D eigenvalue weighted by Gasteiger charge is -1.99. The van der Waals surface area contributed by atoms with Gasteiger partial charge in [-0.2, -0.15) is 0 Å². The van der Waals surface area contributed by atoms with E-state index in [1.165, 1.54) is 0 Å². The molecule has 0 aliphatic rings. The summed E-state index contributed by atoms with van der Waals surface area (Å²) in [6.07, 6.45) is 1.44. The summed E-state index contributed by atoms with van der Waals surface area (Å²) in [4.78, 5) is 14.3. The van der Waals surface area contributed by atoms with E-state index in [0.29, 0.717) is 18.7 Å². The summed E-state index contributed by atoms with van der Waals surface area (Å²) in [6, 6.07) is 5.37. The van der Waals surface area contributed by atoms with E-state index in [-0.39, 0.29) is 6.42 Å². The van der Waals surface area contributed by atoms with Gasteiger partial charge in [-0.25, -0.2) is 4.98 Å². The van der Waals surface area contributed by atoms with E-state index in [9.17, 15) is 4.79 Å². The maximum absolute atomic E-state index is 10.2. The van der Waals surface area contributed by atoms with Crippen LogP contribution in [0.3, 0.4) is 0 Å². The average Bonchev–Trinajstić information content (AvgIpc) is 2.03. The van der Waals surface area contributed by atoms with Gasteiger partial charge < -0.3 is 10.8 Å². The second-order valence-electron chi connectivity index (χ2n) is 2.80. The van der Waals surface area contributed by atoms with Crippen molar-refractivity contribution in [1.82, 2.24) is 4.98 Å². The minimum Gasteiger partial charge on any atom is -0.481 e. The molecular formula is C9H12N2O2. The Kier molecular flexibility index (Phi) is 3.25. The Bertz CT molecular complexity index is 299. The third-order valence-corrected chi connectivity index (χ3v) is 1.65. The Morgan fingerprint density at radius 2 is 2.31 bits per heavy atom. The molecule has 0 amide bonds. The highest BCUT2D eigenvalue weighted by Crippen LogP contribution is 2.04. The molecule has 1 aromatic heterocycles. The molecule has 1 rings (SSSR count). The molecule has 0 aliphatic heterocycles. The summed E-state index contributed by atoms with van der Waals surface area (Å²) in [6.45, 7) is 0. The van der Waals surface area contributed by atoms with Crippen molar-refractivity contribution in [1.29, 1.82) is 0 Å². The second-order valence-corrected chi connectivity index (χ2v) is 2.80. The van der Waals surface area contributed by atoms with E-state index in [1.54, 1.807) is 6.07 Å². The summed E-state index contributed by atoms with van der Waals surface area (Å²) < 4.78 is 0. The van der Waals surface area contributed by atoms with Gasteiger partial charge in [-0.3, -0.25) is 4.79 Å². The van der Waals surface area contributed by atoms with Crippen molar-refractivity contribution in [3.8, 4) is 0 Å². The van der Waals surface area contributed by atoms with Crippen LogP contribution < -0.4 is 5.73 Å². The minimum atomic E-state index is -0.774. The maximum atomic E-state index is 10.2. The molecule has 0 unspecified atom stereocenters. The molecule has 4 heteroatoms. The Balaban J connectivity index is 2.41. The topological polar surface area (TPSA) is 76.2 Å². The Hall–Kier alpha value is -1.58. The first-order valence-electron chi connectivity index (χ1n) is 4.11. The second kappa shape index (κ2) is 4.45. The van der Waals surface area contributed by atoms with Crippen LogP contribution in [0.1, 0.15) is 18.5 Å². The third-order valence-electron chi connectivity index (χ3n) is 1.65. The molecular weight excluding hydrogens is 168 g/mol. The van der Waals surface area contributed by atoms with Crippen molar-refractivity contribution in [3.05, 3.63) is 23.9 Å². The van der Waals surface area contributed by atoms with Gasteiger partial charge >= 0.3 is 5.97 Å². The number of nitrogens with zero attached hydrogens (tertiary/aromatic N) is 1. The van der Waals surface area contributed by atoms with Crippen LogP contribution in [0.25, 0.3) is 0 Å². The summed E-state index contributed by atoms with van der Waals surface area (Å²) in [5.41, 5.74) is 6.31. The first-order valence-corrected chi connectivity index (χ1v) is 4.11. The molecule has 13 heavy (non-hydrogen) atoms. The van der Waals surface area contributed by atoms with Gasteiger partial charge in [0.15, 0.2) is 0 Å². The first-order chi connectivity index (χ1) is 6.18. The monoisotopic (exact) mass is 180 g/mol. The molecule has 0 atom stereocenters. The molecule has 0 radical (unpaired) electrons. The van der Waals surface area contributed by atoms with Crippen molar-refractivity contribution in [3.63, 3.8) is 0 Å². The number of nitrogens with two attached hydrogens (primary N) is 1. The van der Waals surface area contributed by atoms with Crippen LogP contribution in [-0.2, 0) is 11.2 Å². The molecule has 4 nitrogen and oxygen atoms in total. The predicted molar refractivity (Wildman–Crippen MR) is 49.2 cm³/mol. The maximum Gasteiger partial charge on any atom is 0.303 e. The number of hydrogen-bond acceptors (Lipinski definition) is 3. The lowest BCUT2D eigenvalue weighted by Crippen LogP contribution is -1.98. The van der Waals surface area contributed by atoms with Crippen molar-refractivity contribution >= 4 is 11.8 Å². The van der Waals surface area contributed by atoms with Gasteiger partial charge in [0, 0.05) is 12.1 Å². The van der Waals surface area contributed by atoms with E-state index in [0.717, 1.165) is 5.69 Å². The van der Waals surface area contributed by atoms with Crippen LogP contribution in [0.2, 0.25) is 0 Å². The zero-order chi connectivity index (χ0) is 9.68. The number of aromatic nitrogens is 1. The molecule has 0 spiro atoms. The number of rotatable bonds is 4. The molecule has 3 N–H and O–H groups in total. The average molecular weight is 180 g/mol. The number of aryl methyl sites for hydroxylation is 1. The summed E-state index contributed by atoms with van der Waals surface area (Å²) >= 11 is 0. The first kappa shape index (κ1) is 9.51. The van der Waals surface area contributed by atoms with Gasteiger partial charge in [0.1, 0.15) is 5.82 Å². The predicted octanol–water partition coefficient (Wildman–Crippen LogP) is 1.07. The van der Waals surface area contributed by atoms with Crippen molar-refractivity contribution in [2.24, 2.45) is 0 Å². The molecule has 0 aliphatic carbocycles. The van der Waals surface area contributed by atoms with Gasteiger partial charge in [0.05, 0.1) is 0 Å². The molecule has 0 saturated heterocycles. The number of pyridine rings is 1. The highest BCUT2D eigenvalue weighted by molar-refractivity contribution is 5.66. The third kappa shape index (κ3) is 3.55. The fourth-order valence-corrected chi connectivity index (χ4v) is 1.06. The molecule has 1 aromatic rings. The molecule has 0 bridgehead atoms. The van der Waals surface area contributed by atoms with Gasteiger partial charge in [0.2, 0.25) is 0 Å². The molecule has 1 heterocycles. The Labute approximate surface area is 76.4 Å². The number of anilines is 1. The van der Waals surface area contributed by atoms with Crippen LogP contribution in [0.5, 0.6) is 0 Å². The van der Waals surface area contributed by atoms with Gasteiger partial charge in [-0.1, -0.05) is 6.07 Å². The van der Waals surface area contributed by atoms with Crippen molar-refractivity contribution in [2.45, 2.75) is 19.3 Å². The molecule has 0 fully saturated rings. The highest BCUT2D eigenvalue weighted by Gasteiger charge is 1.99. The normalized spacial score (nSPS) is 9.85. The number of carbonyl (C=O) groups is 1. The minimum absolute atomic E-state index is 0.177. The van der Waals surface area contributed by atoms with Crippen LogP contribution in [0.4, 0.5) is 5.82 Å². The zero-order valence-corrected chi connectivity index (χ0v) is 7.23. The fraction of sp³-hybridized carbons (Fsp3) is 0.333. The number of carboxylic acids is 1. The van der Waals surface area contributed by atoms with Crippen molar-refractivity contribution in [2.75, 3.05) is 5.73 Å². The van der Waals surface area contributed by atoms with Crippen LogP contribution in [-0.4, -0.2) is 16.1 Å². The smallest absolute Gasteiger partial charge is 0.303 e. The SMILES string of the molecule is Nc1cccc(CCCC(=O)O)n1. The quantitative estimate of drug-likeness (QED) is 0.726. The van der Waals surface area contributed by atoms with E-state index < -0.39 is 5.97 Å². The fourth-order valence-electron chi connectivity index (χ4n) is 1.06. The summed E-state index contributed by atoms with van der Waals surface area (Å²) in [5, 5.41) is 8.40. The van der Waals surface area contributed by atoms with Gasteiger partial charge in [-0.15, -0.1) is 0 Å². The lowest BCUT2D eigenvalue weighted by atomic mass is 10.2. The zero-order valence-electron chi connectivity index (χ0n) is 7.23. The van der Waals surface area contributed by atoms with Crippen LogP contribution in [0.15, 0.2) is 18.2 Å². The van der Waals surface area contributed by atoms with E-state index in [1.807, 2.05) is 12.1 Å². The van der Waals surface area contributed by atoms with Crippen molar-refractivity contribution < 1.29 is 9.90 Å². The number of carboxylic acid groups (broad SMARTS) is 1. The lowest BCUT2D eigenvalue weighted by molar-refractivity contribution is -0.137. The van der Waals surface area contributed by atoms with E-state index >= 15 is 0 Å². The van der Waals surface area contributed by atoms with Gasteiger partial charge in [0.25, 0.3) is 0 Å². The largest absolute Gasteiger partial charge is 0.481 e. The van der Waals surface area contributed by atoms with E-state index in [2.05, 4.69) is 4.98 Å². The number of nitrogen functional groups attached to an aromatic ring is 1. The van der Waals surface area contributed by atoms with Gasteiger partial charge in [-0.05, 0) is 25.0 Å². The van der Waals surface area contributed by atoms with E-state index in [4.69, 9.17) is 10.8 Å².